The standard InChI is InChI=1S/C11H10ClFO3/c12-5-6-3-7(13)4-9-8(6)1-2-16-10(9)11(14)15/h3-4,10H,1-2,5H2,(H,14,15)/t10-/m1/s1. The molecule has 1 atom stereocenters. The highest BCUT2D eigenvalue weighted by atomic mass is 35.5. The molecule has 0 amide bonds. The lowest BCUT2D eigenvalue weighted by Gasteiger charge is -2.24. The van der Waals surface area contributed by atoms with Crippen LogP contribution in [0.1, 0.15) is 22.8 Å². The largest absolute Gasteiger partial charge is 0.479 e. The van der Waals surface area contributed by atoms with Crippen molar-refractivity contribution >= 4 is 17.6 Å². The lowest BCUT2D eigenvalue weighted by Crippen LogP contribution is -2.24. The third-order valence-electron chi connectivity index (χ3n) is 2.63. The van der Waals surface area contributed by atoms with Crippen molar-refractivity contribution in [2.45, 2.75) is 18.4 Å². The van der Waals surface area contributed by atoms with E-state index in [0.717, 1.165) is 5.56 Å². The van der Waals surface area contributed by atoms with Gasteiger partial charge in [0.15, 0.2) is 6.10 Å². The average molecular weight is 245 g/mol. The molecule has 0 saturated carbocycles. The van der Waals surface area contributed by atoms with Crippen LogP contribution in [0.4, 0.5) is 4.39 Å². The molecule has 1 aromatic carbocycles. The van der Waals surface area contributed by atoms with Gasteiger partial charge in [0.2, 0.25) is 0 Å². The van der Waals surface area contributed by atoms with Crippen LogP contribution < -0.4 is 0 Å². The fourth-order valence-corrected chi connectivity index (χ4v) is 2.19. The number of carbonyl (C=O) groups is 1. The summed E-state index contributed by atoms with van der Waals surface area (Å²) in [5.74, 6) is -1.41. The zero-order chi connectivity index (χ0) is 11.7. The zero-order valence-corrected chi connectivity index (χ0v) is 9.13. The average Bonchev–Trinajstić information content (AvgIpc) is 2.26. The Hall–Kier alpha value is -1.13. The third kappa shape index (κ3) is 1.90. The molecule has 16 heavy (non-hydrogen) atoms. The fraction of sp³-hybridized carbons (Fsp3) is 0.364. The van der Waals surface area contributed by atoms with E-state index in [1.165, 1.54) is 12.1 Å². The molecule has 1 aromatic rings. The molecular formula is C11H10ClFO3. The topological polar surface area (TPSA) is 46.5 Å². The van der Waals surface area contributed by atoms with Gasteiger partial charge < -0.3 is 9.84 Å². The van der Waals surface area contributed by atoms with E-state index in [4.69, 9.17) is 21.4 Å². The molecule has 0 fully saturated rings. The maximum Gasteiger partial charge on any atom is 0.337 e. The van der Waals surface area contributed by atoms with Crippen molar-refractivity contribution in [1.82, 2.24) is 0 Å². The highest BCUT2D eigenvalue weighted by Gasteiger charge is 2.29. The number of aliphatic carboxylic acids is 1. The Bertz CT molecular complexity index is 433. The summed E-state index contributed by atoms with van der Waals surface area (Å²) >= 11 is 5.71. The summed E-state index contributed by atoms with van der Waals surface area (Å²) in [5.41, 5.74) is 1.83. The molecule has 0 bridgehead atoms. The van der Waals surface area contributed by atoms with Gasteiger partial charge >= 0.3 is 5.97 Å². The molecule has 86 valence electrons. The van der Waals surface area contributed by atoms with Gasteiger partial charge in [0, 0.05) is 5.88 Å². The van der Waals surface area contributed by atoms with Gasteiger partial charge in [-0.1, -0.05) is 0 Å². The number of fused-ring (bicyclic) bond motifs is 1. The minimum Gasteiger partial charge on any atom is -0.479 e. The van der Waals surface area contributed by atoms with Crippen molar-refractivity contribution in [3.05, 3.63) is 34.6 Å². The molecule has 0 aliphatic carbocycles. The predicted octanol–water partition coefficient (Wildman–Crippen LogP) is 2.26. The molecule has 2 rings (SSSR count). The molecule has 3 nitrogen and oxygen atoms in total. The van der Waals surface area contributed by atoms with Crippen LogP contribution in [0, 0.1) is 5.82 Å². The molecule has 1 heterocycles. The molecule has 0 spiro atoms. The quantitative estimate of drug-likeness (QED) is 0.812. The number of hydrogen-bond donors (Lipinski definition) is 1. The first-order chi connectivity index (χ1) is 7.63. The van der Waals surface area contributed by atoms with Crippen molar-refractivity contribution in [3.8, 4) is 0 Å². The molecule has 1 N–H and O–H groups in total. The van der Waals surface area contributed by atoms with Gasteiger partial charge in [-0.05, 0) is 35.2 Å². The molecular weight excluding hydrogens is 235 g/mol. The van der Waals surface area contributed by atoms with Crippen molar-refractivity contribution < 1.29 is 19.0 Å². The van der Waals surface area contributed by atoms with Gasteiger partial charge in [0.1, 0.15) is 5.82 Å². The summed E-state index contributed by atoms with van der Waals surface area (Å²) in [7, 11) is 0. The molecule has 0 radical (unpaired) electrons. The maximum absolute atomic E-state index is 13.3. The van der Waals surface area contributed by atoms with Crippen LogP contribution in [-0.2, 0) is 21.8 Å². The van der Waals surface area contributed by atoms with Crippen molar-refractivity contribution in [2.24, 2.45) is 0 Å². The summed E-state index contributed by atoms with van der Waals surface area (Å²) < 4.78 is 18.4. The number of halogens is 2. The van der Waals surface area contributed by atoms with Crippen molar-refractivity contribution in [2.75, 3.05) is 6.61 Å². The van der Waals surface area contributed by atoms with Crippen LogP contribution in [0.3, 0.4) is 0 Å². The maximum atomic E-state index is 13.3. The summed E-state index contributed by atoms with van der Waals surface area (Å²) in [6, 6.07) is 2.55. The van der Waals surface area contributed by atoms with Crippen LogP contribution in [0.25, 0.3) is 0 Å². The van der Waals surface area contributed by atoms with Gasteiger partial charge in [-0.15, -0.1) is 11.6 Å². The van der Waals surface area contributed by atoms with Crippen LogP contribution in [0.2, 0.25) is 0 Å². The molecule has 0 aromatic heterocycles. The molecule has 0 saturated heterocycles. The highest BCUT2D eigenvalue weighted by Crippen LogP contribution is 2.31. The van der Waals surface area contributed by atoms with Gasteiger partial charge in [-0.2, -0.15) is 0 Å². The van der Waals surface area contributed by atoms with Gasteiger partial charge in [0.25, 0.3) is 0 Å². The number of hydrogen-bond acceptors (Lipinski definition) is 2. The molecule has 1 aliphatic heterocycles. The van der Waals surface area contributed by atoms with E-state index in [9.17, 15) is 9.18 Å². The smallest absolute Gasteiger partial charge is 0.337 e. The monoisotopic (exact) mass is 244 g/mol. The van der Waals surface area contributed by atoms with Gasteiger partial charge in [-0.3, -0.25) is 0 Å². The predicted molar refractivity (Wildman–Crippen MR) is 56.0 cm³/mol. The normalized spacial score (nSPS) is 19.2. The van der Waals surface area contributed by atoms with Crippen LogP contribution >= 0.6 is 11.6 Å². The minimum atomic E-state index is -1.10. The van der Waals surface area contributed by atoms with E-state index in [-0.39, 0.29) is 5.88 Å². The van der Waals surface area contributed by atoms with E-state index in [1.54, 1.807) is 0 Å². The number of ether oxygens (including phenoxy) is 1. The SMILES string of the molecule is O=C(O)[C@@H]1OCCc2c(CCl)cc(F)cc21. The van der Waals surface area contributed by atoms with Crippen molar-refractivity contribution in [1.29, 1.82) is 0 Å². The summed E-state index contributed by atoms with van der Waals surface area (Å²) in [4.78, 5) is 10.9. The summed E-state index contributed by atoms with van der Waals surface area (Å²) in [6.45, 7) is 0.319. The van der Waals surface area contributed by atoms with Gasteiger partial charge in [0.05, 0.1) is 6.61 Å². The van der Waals surface area contributed by atoms with Gasteiger partial charge in [-0.25, -0.2) is 9.18 Å². The Morgan fingerprint density at radius 2 is 2.38 bits per heavy atom. The third-order valence-corrected chi connectivity index (χ3v) is 2.92. The second kappa shape index (κ2) is 4.39. The number of carboxylic acid groups (broad SMARTS) is 1. The van der Waals surface area contributed by atoms with E-state index >= 15 is 0 Å². The summed E-state index contributed by atoms with van der Waals surface area (Å²) in [6.07, 6.45) is -0.511. The number of carboxylic acids is 1. The van der Waals surface area contributed by atoms with E-state index in [2.05, 4.69) is 0 Å². The first-order valence-corrected chi connectivity index (χ1v) is 5.38. The Kier molecular flexibility index (Phi) is 3.12. The second-order valence-corrected chi connectivity index (χ2v) is 3.87. The highest BCUT2D eigenvalue weighted by molar-refractivity contribution is 6.17. The van der Waals surface area contributed by atoms with E-state index in [0.29, 0.717) is 24.2 Å². The van der Waals surface area contributed by atoms with E-state index in [1.807, 2.05) is 0 Å². The Balaban J connectivity index is 2.55. The van der Waals surface area contributed by atoms with Crippen molar-refractivity contribution in [3.63, 3.8) is 0 Å². The summed E-state index contributed by atoms with van der Waals surface area (Å²) in [5, 5.41) is 8.96. The molecule has 1 aliphatic rings. The first kappa shape index (κ1) is 11.4. The minimum absolute atomic E-state index is 0.173. The Labute approximate surface area is 96.8 Å². The Morgan fingerprint density at radius 3 is 3.00 bits per heavy atom. The molecule has 5 heteroatoms. The number of alkyl halides is 1. The lowest BCUT2D eigenvalue weighted by molar-refractivity contribution is -0.151. The second-order valence-electron chi connectivity index (χ2n) is 3.61. The zero-order valence-electron chi connectivity index (χ0n) is 8.37. The number of benzene rings is 1. The lowest BCUT2D eigenvalue weighted by atomic mass is 9.93. The van der Waals surface area contributed by atoms with E-state index < -0.39 is 17.9 Å². The van der Waals surface area contributed by atoms with Crippen LogP contribution in [0.5, 0.6) is 0 Å². The molecule has 0 unspecified atom stereocenters. The van der Waals surface area contributed by atoms with Crippen LogP contribution in [0.15, 0.2) is 12.1 Å². The van der Waals surface area contributed by atoms with Crippen LogP contribution in [-0.4, -0.2) is 17.7 Å². The first-order valence-electron chi connectivity index (χ1n) is 4.85. The Morgan fingerprint density at radius 1 is 1.62 bits per heavy atom. The fourth-order valence-electron chi connectivity index (χ4n) is 1.95. The number of rotatable bonds is 2.